The summed E-state index contributed by atoms with van der Waals surface area (Å²) in [5, 5.41) is 5.08. The molecule has 2 aliphatic rings. The fraction of sp³-hybridized carbons (Fsp3) is 0.111. The molecule has 8 aromatic carbocycles. The van der Waals surface area contributed by atoms with E-state index in [-0.39, 0.29) is 5.41 Å². The highest BCUT2D eigenvalue weighted by molar-refractivity contribution is 6.09. The Balaban J connectivity index is 1.17. The van der Waals surface area contributed by atoms with Gasteiger partial charge in [-0.25, -0.2) is 9.97 Å². The van der Waals surface area contributed by atoms with E-state index < -0.39 is 0 Å². The first kappa shape index (κ1) is 32.8. The van der Waals surface area contributed by atoms with Gasteiger partial charge in [0.25, 0.3) is 0 Å². The van der Waals surface area contributed by atoms with Gasteiger partial charge in [0.05, 0.1) is 11.4 Å². The van der Waals surface area contributed by atoms with Crippen LogP contribution in [-0.4, -0.2) is 9.97 Å². The topological polar surface area (TPSA) is 25.8 Å². The highest BCUT2D eigenvalue weighted by Crippen LogP contribution is 2.59. The summed E-state index contributed by atoms with van der Waals surface area (Å²) in [6.45, 7) is 0. The lowest BCUT2D eigenvalue weighted by Crippen LogP contribution is -2.28. The molecule has 1 aromatic heterocycles. The Morgan fingerprint density at radius 3 is 1.75 bits per heavy atom. The van der Waals surface area contributed by atoms with Gasteiger partial charge in [-0.2, -0.15) is 0 Å². The van der Waals surface area contributed by atoms with Crippen molar-refractivity contribution in [1.29, 1.82) is 0 Å². The summed E-state index contributed by atoms with van der Waals surface area (Å²) in [7, 11) is 0. The maximum atomic E-state index is 5.41. The van der Waals surface area contributed by atoms with Crippen molar-refractivity contribution in [3.63, 3.8) is 0 Å². The molecule has 1 heterocycles. The van der Waals surface area contributed by atoms with Gasteiger partial charge in [-0.1, -0.05) is 183 Å². The molecule has 1 saturated carbocycles. The Morgan fingerprint density at radius 1 is 0.357 bits per heavy atom. The second-order valence-corrected chi connectivity index (χ2v) is 15.6. The average molecular weight is 717 g/mol. The molecule has 2 aliphatic carbocycles. The predicted molar refractivity (Wildman–Crippen MR) is 234 cm³/mol. The lowest BCUT2D eigenvalue weighted by molar-refractivity contribution is 0.353. The van der Waals surface area contributed by atoms with E-state index in [1.807, 2.05) is 6.07 Å². The summed E-state index contributed by atoms with van der Waals surface area (Å²) in [5.41, 5.74) is 15.7. The molecule has 9 aromatic rings. The summed E-state index contributed by atoms with van der Waals surface area (Å²) in [4.78, 5) is 10.6. The highest BCUT2D eigenvalue weighted by Gasteiger charge is 2.45. The summed E-state index contributed by atoms with van der Waals surface area (Å²) < 4.78 is 0. The van der Waals surface area contributed by atoms with E-state index in [2.05, 4.69) is 176 Å². The van der Waals surface area contributed by atoms with Gasteiger partial charge in [-0.15, -0.1) is 0 Å². The summed E-state index contributed by atoms with van der Waals surface area (Å²) in [6.07, 6.45) is 6.20. The van der Waals surface area contributed by atoms with Crippen LogP contribution in [0.25, 0.3) is 88.8 Å². The predicted octanol–water partition coefficient (Wildman–Crippen LogP) is 14.3. The number of hydrogen-bond acceptors (Lipinski definition) is 2. The Hall–Kier alpha value is -6.64. The molecule has 0 unspecified atom stereocenters. The average Bonchev–Trinajstić information content (AvgIpc) is 3.53. The summed E-state index contributed by atoms with van der Waals surface area (Å²) in [5.74, 6) is 0.723. The van der Waals surface area contributed by atoms with Crippen molar-refractivity contribution < 1.29 is 0 Å². The van der Waals surface area contributed by atoms with Crippen LogP contribution in [0, 0.1) is 0 Å². The third kappa shape index (κ3) is 5.32. The van der Waals surface area contributed by atoms with Crippen LogP contribution in [0.1, 0.15) is 43.2 Å². The molecule has 0 amide bonds. The first-order chi connectivity index (χ1) is 27.7. The van der Waals surface area contributed by atoms with Crippen LogP contribution >= 0.6 is 0 Å². The molecule has 11 rings (SSSR count). The van der Waals surface area contributed by atoms with Gasteiger partial charge in [-0.05, 0) is 97.1 Å². The number of hydrogen-bond donors (Lipinski definition) is 0. The number of benzene rings is 8. The molecule has 1 spiro atoms. The zero-order valence-electron chi connectivity index (χ0n) is 31.3. The van der Waals surface area contributed by atoms with Crippen LogP contribution in [0.15, 0.2) is 182 Å². The van der Waals surface area contributed by atoms with Crippen molar-refractivity contribution >= 4 is 21.5 Å². The van der Waals surface area contributed by atoms with Gasteiger partial charge >= 0.3 is 0 Å². The number of fused-ring (bicyclic) bond motifs is 7. The monoisotopic (exact) mass is 716 g/mol. The van der Waals surface area contributed by atoms with Crippen LogP contribution in [0.4, 0.5) is 0 Å². The molecule has 2 heteroatoms. The second-order valence-electron chi connectivity index (χ2n) is 15.6. The number of aromatic nitrogens is 2. The molecule has 0 bridgehead atoms. The normalized spacial score (nSPS) is 14.2. The minimum Gasteiger partial charge on any atom is -0.228 e. The first-order valence-electron chi connectivity index (χ1n) is 20.0. The summed E-state index contributed by atoms with van der Waals surface area (Å²) in [6, 6.07) is 66.4. The van der Waals surface area contributed by atoms with Gasteiger partial charge in [0.2, 0.25) is 0 Å². The van der Waals surface area contributed by atoms with Gasteiger partial charge in [0, 0.05) is 22.1 Å². The minimum absolute atomic E-state index is 0.0299. The van der Waals surface area contributed by atoms with Crippen LogP contribution in [0.5, 0.6) is 0 Å². The molecule has 2 nitrogen and oxygen atoms in total. The van der Waals surface area contributed by atoms with E-state index in [1.165, 1.54) is 98.2 Å². The van der Waals surface area contributed by atoms with E-state index in [1.54, 1.807) is 0 Å². The molecular formula is C54H40N2. The third-order valence-corrected chi connectivity index (χ3v) is 12.5. The quantitative estimate of drug-likeness (QED) is 0.177. The Bertz CT molecular complexity index is 2920. The first-order valence-corrected chi connectivity index (χ1v) is 20.0. The van der Waals surface area contributed by atoms with E-state index in [9.17, 15) is 0 Å². The molecule has 0 saturated heterocycles. The van der Waals surface area contributed by atoms with Gasteiger partial charge in [0.15, 0.2) is 5.82 Å². The molecule has 0 aliphatic heterocycles. The van der Waals surface area contributed by atoms with Gasteiger partial charge < -0.3 is 0 Å². The SMILES string of the molecule is c1ccc(-c2ccc(-c3cc(-c4ccc5ccccc5c4-c4cccc5c4-c4cc6ccccc6cc4C54CCCCC4)nc(-c4ccccc4)n3)cc2)cc1. The number of rotatable bonds is 5. The molecule has 1 fully saturated rings. The van der Waals surface area contributed by atoms with Crippen molar-refractivity contribution in [2.45, 2.75) is 37.5 Å². The molecular weight excluding hydrogens is 677 g/mol. The number of nitrogens with zero attached hydrogens (tertiary/aromatic N) is 2. The maximum absolute atomic E-state index is 5.41. The Labute approximate surface area is 328 Å². The zero-order chi connectivity index (χ0) is 37.1. The highest BCUT2D eigenvalue weighted by atomic mass is 14.9. The second kappa shape index (κ2) is 13.3. The molecule has 0 radical (unpaired) electrons. The van der Waals surface area contributed by atoms with Crippen molar-refractivity contribution in [1.82, 2.24) is 9.97 Å². The maximum Gasteiger partial charge on any atom is 0.160 e. The van der Waals surface area contributed by atoms with Crippen molar-refractivity contribution in [3.8, 4) is 67.3 Å². The van der Waals surface area contributed by atoms with Crippen molar-refractivity contribution in [2.75, 3.05) is 0 Å². The van der Waals surface area contributed by atoms with Crippen LogP contribution in [0.2, 0.25) is 0 Å². The molecule has 0 atom stereocenters. The van der Waals surface area contributed by atoms with Gasteiger partial charge in [0.1, 0.15) is 0 Å². The third-order valence-electron chi connectivity index (χ3n) is 12.5. The van der Waals surface area contributed by atoms with Crippen LogP contribution in [0.3, 0.4) is 0 Å². The Kier molecular flexibility index (Phi) is 7.77. The minimum atomic E-state index is 0.0299. The van der Waals surface area contributed by atoms with E-state index in [4.69, 9.17) is 9.97 Å². The molecule has 0 N–H and O–H groups in total. The smallest absolute Gasteiger partial charge is 0.160 e. The summed E-state index contributed by atoms with van der Waals surface area (Å²) >= 11 is 0. The molecule has 56 heavy (non-hydrogen) atoms. The van der Waals surface area contributed by atoms with Crippen molar-refractivity contribution in [2.24, 2.45) is 0 Å². The van der Waals surface area contributed by atoms with E-state index >= 15 is 0 Å². The fourth-order valence-corrected chi connectivity index (χ4v) is 9.82. The zero-order valence-corrected chi connectivity index (χ0v) is 31.3. The lowest BCUT2D eigenvalue weighted by Gasteiger charge is -2.36. The van der Waals surface area contributed by atoms with E-state index in [0.29, 0.717) is 0 Å². The van der Waals surface area contributed by atoms with Crippen molar-refractivity contribution in [3.05, 3.63) is 193 Å². The lowest BCUT2D eigenvalue weighted by atomic mass is 9.67. The standard InChI is InChI=1S/C54H40N2/c1-4-15-36(16-5-1)37-25-27-39(28-26-37)49-35-50(56-53(55-49)40-18-6-2-7-19-40)44-30-29-38-17-10-11-22-43(38)51(44)45-23-14-24-47-52(45)46-33-41-20-8-9-21-42(41)34-48(46)54(47)31-12-3-13-32-54/h1-2,4-11,14-30,33-35H,3,12-13,31-32H2. The molecule has 266 valence electrons. The van der Waals surface area contributed by atoms with Gasteiger partial charge in [-0.3, -0.25) is 0 Å². The fourth-order valence-electron chi connectivity index (χ4n) is 9.82. The Morgan fingerprint density at radius 2 is 0.982 bits per heavy atom. The van der Waals surface area contributed by atoms with Crippen LogP contribution < -0.4 is 0 Å². The van der Waals surface area contributed by atoms with E-state index in [0.717, 1.165) is 33.9 Å². The van der Waals surface area contributed by atoms with Crippen LogP contribution in [-0.2, 0) is 5.41 Å². The largest absolute Gasteiger partial charge is 0.228 e.